The van der Waals surface area contributed by atoms with E-state index in [2.05, 4.69) is 21.0 Å². The largest absolute Gasteiger partial charge is 0.379 e. The molecular formula is C17H22ClN5O2. The zero-order valence-corrected chi connectivity index (χ0v) is 15.1. The fraction of sp³-hybridized carbons (Fsp3) is 0.471. The molecular weight excluding hydrogens is 342 g/mol. The Morgan fingerprint density at radius 3 is 2.72 bits per heavy atom. The number of ether oxygens (including phenoxy) is 1. The smallest absolute Gasteiger partial charge is 0.254 e. The quantitative estimate of drug-likeness (QED) is 0.723. The number of nitrogens with zero attached hydrogens (tertiary/aromatic N) is 2. The maximum absolute atomic E-state index is 12.5. The number of carbonyl (C=O) groups is 1. The molecule has 0 aliphatic carbocycles. The van der Waals surface area contributed by atoms with Crippen molar-refractivity contribution in [1.82, 2.24) is 21.0 Å². The van der Waals surface area contributed by atoms with E-state index in [0.717, 1.165) is 34.9 Å². The Morgan fingerprint density at radius 1 is 1.20 bits per heavy atom. The van der Waals surface area contributed by atoms with Gasteiger partial charge in [-0.25, -0.2) is 5.43 Å². The van der Waals surface area contributed by atoms with E-state index in [0.29, 0.717) is 18.8 Å². The second-order valence-corrected chi connectivity index (χ2v) is 6.93. The van der Waals surface area contributed by atoms with Gasteiger partial charge in [0.05, 0.1) is 24.5 Å². The van der Waals surface area contributed by atoms with Crippen molar-refractivity contribution in [2.24, 2.45) is 0 Å². The Morgan fingerprint density at radius 2 is 1.96 bits per heavy atom. The molecule has 1 aromatic carbocycles. The van der Waals surface area contributed by atoms with Crippen LogP contribution in [0.15, 0.2) is 23.9 Å². The van der Waals surface area contributed by atoms with Crippen molar-refractivity contribution in [3.63, 3.8) is 0 Å². The first-order valence-electron chi connectivity index (χ1n) is 8.46. The van der Waals surface area contributed by atoms with E-state index in [4.69, 9.17) is 16.3 Å². The van der Waals surface area contributed by atoms with Gasteiger partial charge in [-0.15, -0.1) is 0 Å². The fourth-order valence-electron chi connectivity index (χ4n) is 3.39. The average Bonchev–Trinajstić information content (AvgIpc) is 3.05. The van der Waals surface area contributed by atoms with Crippen LogP contribution in [0.3, 0.4) is 0 Å². The van der Waals surface area contributed by atoms with Crippen LogP contribution in [-0.4, -0.2) is 49.6 Å². The molecule has 0 saturated carbocycles. The molecule has 2 fully saturated rings. The lowest BCUT2D eigenvalue weighted by Gasteiger charge is -2.40. The maximum Gasteiger partial charge on any atom is 0.254 e. The number of carbonyl (C=O) groups excluding carboxylic acids is 1. The van der Waals surface area contributed by atoms with Crippen LogP contribution >= 0.6 is 11.6 Å². The van der Waals surface area contributed by atoms with Gasteiger partial charge in [-0.05, 0) is 37.1 Å². The molecule has 3 N–H and O–H groups in total. The molecule has 0 aromatic heterocycles. The van der Waals surface area contributed by atoms with Crippen molar-refractivity contribution in [2.75, 3.05) is 31.3 Å². The Hall–Kier alpha value is -1.64. The number of halogens is 1. The first kappa shape index (κ1) is 16.8. The number of hydrogen-bond acceptors (Lipinski definition) is 6. The van der Waals surface area contributed by atoms with Gasteiger partial charge in [0.1, 0.15) is 12.5 Å². The molecule has 0 radical (unpaired) electrons. The molecule has 2 atom stereocenters. The van der Waals surface area contributed by atoms with E-state index in [1.165, 1.54) is 0 Å². The van der Waals surface area contributed by atoms with Gasteiger partial charge in [-0.3, -0.25) is 20.0 Å². The van der Waals surface area contributed by atoms with Crippen LogP contribution < -0.4 is 21.1 Å². The average molecular weight is 364 g/mol. The normalized spacial score (nSPS) is 27.1. The van der Waals surface area contributed by atoms with E-state index in [1.807, 2.05) is 37.2 Å². The van der Waals surface area contributed by atoms with Gasteiger partial charge >= 0.3 is 0 Å². The maximum atomic E-state index is 12.5. The molecule has 0 bridgehead atoms. The first-order chi connectivity index (χ1) is 12.0. The van der Waals surface area contributed by atoms with E-state index < -0.39 is 0 Å². The molecule has 2 saturated heterocycles. The van der Waals surface area contributed by atoms with Crippen LogP contribution in [0.4, 0.5) is 5.69 Å². The minimum atomic E-state index is -0.225. The summed E-state index contributed by atoms with van der Waals surface area (Å²) in [4.78, 5) is 14.7. The Kier molecular flexibility index (Phi) is 4.43. The van der Waals surface area contributed by atoms with Crippen molar-refractivity contribution in [3.8, 4) is 0 Å². The lowest BCUT2D eigenvalue weighted by Crippen LogP contribution is -2.68. The molecule has 7 nitrogen and oxygen atoms in total. The van der Waals surface area contributed by atoms with Crippen LogP contribution in [0.1, 0.15) is 11.1 Å². The number of rotatable bonds is 2. The minimum absolute atomic E-state index is 0.0569. The van der Waals surface area contributed by atoms with Crippen LogP contribution in [0.2, 0.25) is 5.02 Å². The zero-order chi connectivity index (χ0) is 17.6. The van der Waals surface area contributed by atoms with Crippen molar-refractivity contribution >= 4 is 23.2 Å². The third-order valence-electron chi connectivity index (χ3n) is 5.06. The summed E-state index contributed by atoms with van der Waals surface area (Å²) in [5, 5.41) is 9.12. The number of amides is 1. The van der Waals surface area contributed by atoms with Crippen LogP contribution in [0.5, 0.6) is 0 Å². The van der Waals surface area contributed by atoms with Crippen LogP contribution in [-0.2, 0) is 9.53 Å². The second-order valence-electron chi connectivity index (χ2n) is 6.52. The highest BCUT2D eigenvalue weighted by Crippen LogP contribution is 2.30. The van der Waals surface area contributed by atoms with Crippen molar-refractivity contribution in [1.29, 1.82) is 0 Å². The van der Waals surface area contributed by atoms with Gasteiger partial charge in [0.15, 0.2) is 0 Å². The third kappa shape index (κ3) is 3.02. The number of nitrogens with one attached hydrogen (secondary N) is 3. The van der Waals surface area contributed by atoms with E-state index in [-0.39, 0.29) is 18.4 Å². The number of hydrogen-bond donors (Lipinski definition) is 3. The topological polar surface area (TPSA) is 68.9 Å². The van der Waals surface area contributed by atoms with Gasteiger partial charge in [-0.1, -0.05) is 11.6 Å². The van der Waals surface area contributed by atoms with Gasteiger partial charge < -0.3 is 10.1 Å². The number of anilines is 1. The minimum Gasteiger partial charge on any atom is -0.379 e. The Balaban J connectivity index is 1.54. The highest BCUT2D eigenvalue weighted by molar-refractivity contribution is 6.31. The fourth-order valence-corrected chi connectivity index (χ4v) is 3.59. The van der Waals surface area contributed by atoms with Crippen molar-refractivity contribution < 1.29 is 9.53 Å². The molecule has 8 heteroatoms. The molecule has 2 unspecified atom stereocenters. The predicted molar refractivity (Wildman–Crippen MR) is 95.9 cm³/mol. The summed E-state index contributed by atoms with van der Waals surface area (Å²) < 4.78 is 5.38. The van der Waals surface area contributed by atoms with E-state index in [9.17, 15) is 4.79 Å². The second kappa shape index (κ2) is 6.59. The standard InChI is InChI=1S/C17H22ClN5O2/c1-10-11(2)14(4-3-13(10)18)23-9-12-15(21-23)19-17(20-16(12)24)22-5-7-25-8-6-22/h3-4,9,15,17,19,21H,5-8H2,1-2H3,(H,20,24). The highest BCUT2D eigenvalue weighted by Gasteiger charge is 2.38. The van der Waals surface area contributed by atoms with E-state index in [1.54, 1.807) is 0 Å². The SMILES string of the molecule is Cc1c(Cl)ccc(N2C=C3C(=O)NC(N4CCOCC4)NC3N2)c1C. The molecule has 25 heavy (non-hydrogen) atoms. The van der Waals surface area contributed by atoms with Gasteiger partial charge in [0, 0.05) is 24.3 Å². The molecule has 3 heterocycles. The van der Waals surface area contributed by atoms with Gasteiger partial charge in [-0.2, -0.15) is 0 Å². The Labute approximate surface area is 151 Å². The monoisotopic (exact) mass is 363 g/mol. The summed E-state index contributed by atoms with van der Waals surface area (Å²) in [5.74, 6) is -0.0569. The van der Waals surface area contributed by atoms with Gasteiger partial charge in [0.25, 0.3) is 5.91 Å². The Bertz CT molecular complexity index is 732. The summed E-state index contributed by atoms with van der Waals surface area (Å²) >= 11 is 6.20. The lowest BCUT2D eigenvalue weighted by atomic mass is 10.1. The third-order valence-corrected chi connectivity index (χ3v) is 5.47. The molecule has 3 aliphatic heterocycles. The predicted octanol–water partition coefficient (Wildman–Crippen LogP) is 0.827. The summed E-state index contributed by atoms with van der Waals surface area (Å²) in [6.07, 6.45) is 1.43. The highest BCUT2D eigenvalue weighted by atomic mass is 35.5. The zero-order valence-electron chi connectivity index (χ0n) is 14.3. The number of benzene rings is 1. The molecule has 4 rings (SSSR count). The molecule has 134 valence electrons. The molecule has 1 amide bonds. The van der Waals surface area contributed by atoms with E-state index >= 15 is 0 Å². The number of fused-ring (bicyclic) bond motifs is 1. The summed E-state index contributed by atoms with van der Waals surface area (Å²) in [6, 6.07) is 3.84. The van der Waals surface area contributed by atoms with Crippen molar-refractivity contribution in [3.05, 3.63) is 40.1 Å². The van der Waals surface area contributed by atoms with Crippen molar-refractivity contribution in [2.45, 2.75) is 26.3 Å². The first-order valence-corrected chi connectivity index (χ1v) is 8.84. The van der Waals surface area contributed by atoms with Crippen LogP contribution in [0.25, 0.3) is 0 Å². The summed E-state index contributed by atoms with van der Waals surface area (Å²) in [6.45, 7) is 6.99. The lowest BCUT2D eigenvalue weighted by molar-refractivity contribution is -0.123. The molecule has 0 spiro atoms. The summed E-state index contributed by atoms with van der Waals surface area (Å²) in [5.41, 5.74) is 7.15. The number of hydrazine groups is 1. The molecule has 3 aliphatic rings. The van der Waals surface area contributed by atoms with Crippen LogP contribution in [0, 0.1) is 13.8 Å². The van der Waals surface area contributed by atoms with Gasteiger partial charge in [0.2, 0.25) is 0 Å². The summed E-state index contributed by atoms with van der Waals surface area (Å²) in [7, 11) is 0. The molecule has 1 aromatic rings. The number of morpholine rings is 1.